The van der Waals surface area contributed by atoms with Crippen LogP contribution in [0.25, 0.3) is 0 Å². The molecule has 1 N–H and O–H groups in total. The molecule has 1 aliphatic heterocycles. The van der Waals surface area contributed by atoms with Gasteiger partial charge in [0.2, 0.25) is 0 Å². The zero-order valence-electron chi connectivity index (χ0n) is 11.1. The van der Waals surface area contributed by atoms with E-state index in [1.807, 2.05) is 0 Å². The van der Waals surface area contributed by atoms with E-state index in [-0.39, 0.29) is 0 Å². The van der Waals surface area contributed by atoms with Gasteiger partial charge in [-0.2, -0.15) is 0 Å². The molecule has 1 heterocycles. The monoisotopic (exact) mass is 244 g/mol. The molecule has 18 heavy (non-hydrogen) atoms. The Labute approximate surface area is 110 Å². The number of anilines is 1. The van der Waals surface area contributed by atoms with Crippen molar-refractivity contribution in [3.63, 3.8) is 0 Å². The zero-order chi connectivity index (χ0) is 12.2. The van der Waals surface area contributed by atoms with Crippen LogP contribution in [0.1, 0.15) is 38.5 Å². The Morgan fingerprint density at radius 1 is 0.889 bits per heavy atom. The maximum Gasteiger partial charge on any atom is 0.0416 e. The summed E-state index contributed by atoms with van der Waals surface area (Å²) in [5.74, 6) is 0. The molecule has 0 spiro atoms. The molecule has 0 radical (unpaired) electrons. The van der Waals surface area contributed by atoms with Gasteiger partial charge in [-0.3, -0.25) is 4.90 Å². The maximum atomic E-state index is 3.75. The Morgan fingerprint density at radius 2 is 1.67 bits per heavy atom. The van der Waals surface area contributed by atoms with Gasteiger partial charge in [0.1, 0.15) is 0 Å². The van der Waals surface area contributed by atoms with Crippen LogP contribution in [0.5, 0.6) is 0 Å². The number of nitrogens with one attached hydrogen (secondary N) is 1. The first kappa shape index (κ1) is 12.0. The summed E-state index contributed by atoms with van der Waals surface area (Å²) >= 11 is 0. The molecule has 2 aliphatic rings. The summed E-state index contributed by atoms with van der Waals surface area (Å²) in [6.45, 7) is 2.63. The molecule has 1 aliphatic carbocycles. The van der Waals surface area contributed by atoms with Crippen LogP contribution < -0.4 is 5.32 Å². The number of likely N-dealkylation sites (tertiary alicyclic amines) is 1. The quantitative estimate of drug-likeness (QED) is 0.875. The number of benzene rings is 1. The lowest BCUT2D eigenvalue weighted by atomic mass is 10.0. The average Bonchev–Trinajstić information content (AvgIpc) is 2.89. The smallest absolute Gasteiger partial charge is 0.0416 e. The Morgan fingerprint density at radius 3 is 2.44 bits per heavy atom. The van der Waals surface area contributed by atoms with E-state index < -0.39 is 0 Å². The van der Waals surface area contributed by atoms with E-state index in [9.17, 15) is 0 Å². The van der Waals surface area contributed by atoms with Crippen LogP contribution in [0.4, 0.5) is 5.69 Å². The lowest BCUT2D eigenvalue weighted by molar-refractivity contribution is 0.158. The van der Waals surface area contributed by atoms with Gasteiger partial charge in [-0.1, -0.05) is 24.6 Å². The third kappa shape index (κ3) is 2.69. The normalized spacial score (nSPS) is 29.3. The molecule has 2 fully saturated rings. The van der Waals surface area contributed by atoms with Gasteiger partial charge < -0.3 is 5.32 Å². The molecule has 0 unspecified atom stereocenters. The van der Waals surface area contributed by atoms with Gasteiger partial charge in [0.25, 0.3) is 0 Å². The Hall–Kier alpha value is -1.02. The van der Waals surface area contributed by atoms with Crippen LogP contribution in [0.15, 0.2) is 30.3 Å². The second-order valence-electron chi connectivity index (χ2n) is 5.71. The Bertz CT molecular complexity index is 357. The average molecular weight is 244 g/mol. The van der Waals surface area contributed by atoms with E-state index in [4.69, 9.17) is 0 Å². The van der Waals surface area contributed by atoms with Crippen LogP contribution >= 0.6 is 0 Å². The molecule has 1 saturated heterocycles. The van der Waals surface area contributed by atoms with E-state index in [1.54, 1.807) is 0 Å². The molecule has 2 heteroatoms. The highest BCUT2D eigenvalue weighted by Crippen LogP contribution is 2.29. The molecular formula is C16H24N2. The Balaban J connectivity index is 1.63. The summed E-state index contributed by atoms with van der Waals surface area (Å²) in [5, 5.41) is 3.75. The summed E-state index contributed by atoms with van der Waals surface area (Å²) in [6.07, 6.45) is 8.31. The topological polar surface area (TPSA) is 15.3 Å². The van der Waals surface area contributed by atoms with Crippen LogP contribution in [-0.2, 0) is 0 Å². The van der Waals surface area contributed by atoms with Crippen LogP contribution in [0.2, 0.25) is 0 Å². The van der Waals surface area contributed by atoms with Crippen molar-refractivity contribution in [3.8, 4) is 0 Å². The van der Waals surface area contributed by atoms with E-state index in [1.165, 1.54) is 57.3 Å². The van der Waals surface area contributed by atoms with E-state index in [2.05, 4.69) is 40.5 Å². The third-order valence-electron chi connectivity index (χ3n) is 4.47. The van der Waals surface area contributed by atoms with Gasteiger partial charge in [0.05, 0.1) is 0 Å². The van der Waals surface area contributed by atoms with E-state index >= 15 is 0 Å². The summed E-state index contributed by atoms with van der Waals surface area (Å²) in [5.41, 5.74) is 1.28. The predicted molar refractivity (Wildman–Crippen MR) is 76.9 cm³/mol. The van der Waals surface area contributed by atoms with Gasteiger partial charge in [0, 0.05) is 17.8 Å². The molecular weight excluding hydrogens is 220 g/mol. The van der Waals surface area contributed by atoms with Crippen molar-refractivity contribution in [1.29, 1.82) is 0 Å². The highest BCUT2D eigenvalue weighted by atomic mass is 15.2. The minimum atomic E-state index is 0.658. The second-order valence-corrected chi connectivity index (χ2v) is 5.71. The number of piperidine rings is 1. The second kappa shape index (κ2) is 5.75. The van der Waals surface area contributed by atoms with Crippen LogP contribution in [0, 0.1) is 0 Å². The van der Waals surface area contributed by atoms with Crippen molar-refractivity contribution in [3.05, 3.63) is 30.3 Å². The molecule has 0 bridgehead atoms. The molecule has 0 aromatic heterocycles. The lowest BCUT2D eigenvalue weighted by Gasteiger charge is -2.36. The molecule has 1 saturated carbocycles. The SMILES string of the molecule is c1ccc(N[C@H]2CCC[C@@H]2N2CCCCC2)cc1. The molecule has 1 aromatic rings. The summed E-state index contributed by atoms with van der Waals surface area (Å²) < 4.78 is 0. The van der Waals surface area contributed by atoms with Gasteiger partial charge >= 0.3 is 0 Å². The zero-order valence-corrected chi connectivity index (χ0v) is 11.1. The Kier molecular flexibility index (Phi) is 3.84. The summed E-state index contributed by atoms with van der Waals surface area (Å²) in [4.78, 5) is 2.73. The predicted octanol–water partition coefficient (Wildman–Crippen LogP) is 3.51. The van der Waals surface area contributed by atoms with Crippen molar-refractivity contribution in [1.82, 2.24) is 4.90 Å². The van der Waals surface area contributed by atoms with Gasteiger partial charge in [-0.05, 0) is 57.3 Å². The van der Waals surface area contributed by atoms with Crippen LogP contribution in [0.3, 0.4) is 0 Å². The number of hydrogen-bond donors (Lipinski definition) is 1. The number of hydrogen-bond acceptors (Lipinski definition) is 2. The van der Waals surface area contributed by atoms with Crippen molar-refractivity contribution in [2.45, 2.75) is 50.6 Å². The van der Waals surface area contributed by atoms with Crippen molar-refractivity contribution in [2.24, 2.45) is 0 Å². The van der Waals surface area contributed by atoms with Gasteiger partial charge in [0.15, 0.2) is 0 Å². The molecule has 0 amide bonds. The molecule has 1 aromatic carbocycles. The number of para-hydroxylation sites is 1. The summed E-state index contributed by atoms with van der Waals surface area (Å²) in [7, 11) is 0. The fourth-order valence-electron chi connectivity index (χ4n) is 3.54. The first-order valence-corrected chi connectivity index (χ1v) is 7.49. The number of rotatable bonds is 3. The molecule has 3 rings (SSSR count). The van der Waals surface area contributed by atoms with Crippen molar-refractivity contribution >= 4 is 5.69 Å². The fraction of sp³-hybridized carbons (Fsp3) is 0.625. The van der Waals surface area contributed by atoms with Gasteiger partial charge in [-0.15, -0.1) is 0 Å². The molecule has 2 atom stereocenters. The standard InChI is InChI=1S/C16H24N2/c1-3-8-14(9-4-1)17-15-10-7-11-16(15)18-12-5-2-6-13-18/h1,3-4,8-9,15-17H,2,5-7,10-13H2/t15-,16-/m0/s1. The lowest BCUT2D eigenvalue weighted by Crippen LogP contribution is -2.46. The van der Waals surface area contributed by atoms with E-state index in [0.29, 0.717) is 6.04 Å². The molecule has 2 nitrogen and oxygen atoms in total. The minimum absolute atomic E-state index is 0.658. The minimum Gasteiger partial charge on any atom is -0.381 e. The highest BCUT2D eigenvalue weighted by Gasteiger charge is 2.32. The third-order valence-corrected chi connectivity index (χ3v) is 4.47. The maximum absolute atomic E-state index is 3.75. The first-order valence-electron chi connectivity index (χ1n) is 7.49. The first-order chi connectivity index (χ1) is 8.93. The van der Waals surface area contributed by atoms with E-state index in [0.717, 1.165) is 6.04 Å². The van der Waals surface area contributed by atoms with Crippen LogP contribution in [-0.4, -0.2) is 30.1 Å². The number of nitrogens with zero attached hydrogens (tertiary/aromatic N) is 1. The fourth-order valence-corrected chi connectivity index (χ4v) is 3.54. The van der Waals surface area contributed by atoms with Crippen molar-refractivity contribution < 1.29 is 0 Å². The summed E-state index contributed by atoms with van der Waals surface area (Å²) in [6, 6.07) is 12.1. The van der Waals surface area contributed by atoms with Crippen molar-refractivity contribution in [2.75, 3.05) is 18.4 Å². The van der Waals surface area contributed by atoms with Gasteiger partial charge in [-0.25, -0.2) is 0 Å². The highest BCUT2D eigenvalue weighted by molar-refractivity contribution is 5.44. The molecule has 98 valence electrons. The largest absolute Gasteiger partial charge is 0.381 e.